The van der Waals surface area contributed by atoms with Gasteiger partial charge >= 0.3 is 0 Å². The number of halogens is 1. The van der Waals surface area contributed by atoms with Gasteiger partial charge in [-0.3, -0.25) is 9.29 Å². The minimum atomic E-state index is -1.07. The number of nitrogens with zero attached hydrogens (tertiary/aromatic N) is 3. The molecule has 0 radical (unpaired) electrons. The number of hydrogen-bond donors (Lipinski definition) is 0. The molecule has 1 aromatic rings. The Kier molecular flexibility index (Phi) is 4.64. The number of rotatable bonds is 2. The van der Waals surface area contributed by atoms with Crippen LogP contribution in [0.3, 0.4) is 0 Å². The summed E-state index contributed by atoms with van der Waals surface area (Å²) < 4.78 is 13.2. The normalized spacial score (nSPS) is 16.3. The number of amidine groups is 1. The Hall–Kier alpha value is -1.20. The van der Waals surface area contributed by atoms with Crippen molar-refractivity contribution in [3.63, 3.8) is 0 Å². The van der Waals surface area contributed by atoms with E-state index in [9.17, 15) is 4.21 Å². The highest BCUT2D eigenvalue weighted by atomic mass is 35.5. The molecule has 0 saturated heterocycles. The van der Waals surface area contributed by atoms with Crippen LogP contribution < -0.4 is 0 Å². The fourth-order valence-electron chi connectivity index (χ4n) is 1.33. The first-order valence-corrected chi connectivity index (χ1v) is 6.06. The lowest BCUT2D eigenvalue weighted by Gasteiger charge is -2.22. The lowest BCUT2D eigenvalue weighted by Crippen LogP contribution is -2.35. The van der Waals surface area contributed by atoms with Crippen LogP contribution in [-0.2, 0) is 11.0 Å². The second kappa shape index (κ2) is 5.77. The van der Waals surface area contributed by atoms with Gasteiger partial charge in [0.25, 0.3) is 0 Å². The topological polar surface area (TPSA) is 45.6 Å². The molecule has 0 aromatic carbocycles. The van der Waals surface area contributed by atoms with Crippen molar-refractivity contribution in [1.29, 1.82) is 0 Å². The van der Waals surface area contributed by atoms with E-state index in [2.05, 4.69) is 9.98 Å². The van der Waals surface area contributed by atoms with Gasteiger partial charge in [-0.1, -0.05) is 6.07 Å². The summed E-state index contributed by atoms with van der Waals surface area (Å²) in [4.78, 5) is 8.40. The molecule has 1 aromatic heterocycles. The lowest BCUT2D eigenvalue weighted by molar-refractivity contribution is 0.629. The van der Waals surface area contributed by atoms with Crippen LogP contribution in [0.15, 0.2) is 41.7 Å². The third kappa shape index (κ3) is 2.68. The second-order valence-electron chi connectivity index (χ2n) is 3.04. The van der Waals surface area contributed by atoms with Crippen LogP contribution in [-0.4, -0.2) is 32.1 Å². The summed E-state index contributed by atoms with van der Waals surface area (Å²) >= 11 is 0. The minimum absolute atomic E-state index is 0. The second-order valence-corrected chi connectivity index (χ2v) is 4.33. The molecule has 0 saturated carbocycles. The fraction of sp³-hybridized carbons (Fsp3) is 0.200. The summed E-state index contributed by atoms with van der Waals surface area (Å²) in [6.07, 6.45) is 6.92. The standard InChI is InChI=1S/C10H11N3OS.ClH/c1-15(14)13-8-4-7-12-10(13)9-5-2-3-6-11-9;/h2-7H,8H2,1H3;1H. The van der Waals surface area contributed by atoms with E-state index in [1.165, 1.54) is 0 Å². The van der Waals surface area contributed by atoms with Gasteiger partial charge in [0.2, 0.25) is 0 Å². The van der Waals surface area contributed by atoms with Crippen molar-refractivity contribution in [2.24, 2.45) is 4.99 Å². The van der Waals surface area contributed by atoms with Gasteiger partial charge in [-0.2, -0.15) is 0 Å². The molecule has 86 valence electrons. The quantitative estimate of drug-likeness (QED) is 0.803. The predicted molar refractivity (Wildman–Crippen MR) is 67.9 cm³/mol. The molecule has 16 heavy (non-hydrogen) atoms. The number of pyridine rings is 1. The van der Waals surface area contributed by atoms with E-state index in [0.717, 1.165) is 5.69 Å². The van der Waals surface area contributed by atoms with Crippen molar-refractivity contribution in [1.82, 2.24) is 9.29 Å². The summed E-state index contributed by atoms with van der Waals surface area (Å²) in [6, 6.07) is 5.59. The molecule has 0 fully saturated rings. The Bertz CT molecular complexity index is 433. The average Bonchev–Trinajstić information content (AvgIpc) is 2.30. The van der Waals surface area contributed by atoms with Crippen LogP contribution in [0.4, 0.5) is 0 Å². The number of hydrogen-bond acceptors (Lipinski definition) is 3. The summed E-state index contributed by atoms with van der Waals surface area (Å²) in [5.74, 6) is 0.666. The molecule has 0 N–H and O–H groups in total. The number of aromatic nitrogens is 1. The zero-order valence-corrected chi connectivity index (χ0v) is 10.4. The third-order valence-electron chi connectivity index (χ3n) is 2.01. The Morgan fingerprint density at radius 3 is 2.88 bits per heavy atom. The highest BCUT2D eigenvalue weighted by Crippen LogP contribution is 2.09. The van der Waals surface area contributed by atoms with Gasteiger partial charge in [-0.25, -0.2) is 9.20 Å². The van der Waals surface area contributed by atoms with Crippen molar-refractivity contribution < 1.29 is 4.21 Å². The molecule has 0 spiro atoms. The highest BCUT2D eigenvalue weighted by molar-refractivity contribution is 7.82. The van der Waals surface area contributed by atoms with Gasteiger partial charge in [-0.15, -0.1) is 12.4 Å². The molecule has 0 aliphatic carbocycles. The molecule has 0 amide bonds. The van der Waals surface area contributed by atoms with Gasteiger partial charge in [0.05, 0.1) is 6.54 Å². The Balaban J connectivity index is 0.00000128. The van der Waals surface area contributed by atoms with Crippen LogP contribution in [0.25, 0.3) is 0 Å². The molecule has 0 bridgehead atoms. The molecular weight excluding hydrogens is 246 g/mol. The van der Waals surface area contributed by atoms with E-state index < -0.39 is 11.0 Å². The van der Waals surface area contributed by atoms with E-state index in [1.54, 1.807) is 23.0 Å². The van der Waals surface area contributed by atoms with E-state index >= 15 is 0 Å². The van der Waals surface area contributed by atoms with E-state index in [1.807, 2.05) is 24.3 Å². The van der Waals surface area contributed by atoms with Crippen molar-refractivity contribution in [3.05, 3.63) is 42.4 Å². The number of aliphatic imine (C=N–C) groups is 1. The van der Waals surface area contributed by atoms with E-state index in [-0.39, 0.29) is 12.4 Å². The summed E-state index contributed by atoms with van der Waals surface area (Å²) in [6.45, 7) is 0.610. The van der Waals surface area contributed by atoms with Crippen molar-refractivity contribution >= 4 is 29.2 Å². The first-order valence-electron chi connectivity index (χ1n) is 4.54. The van der Waals surface area contributed by atoms with E-state index in [4.69, 9.17) is 0 Å². The molecule has 2 heterocycles. The maximum Gasteiger partial charge on any atom is 0.166 e. The molecule has 2 rings (SSSR count). The first-order chi connectivity index (χ1) is 7.29. The molecule has 4 nitrogen and oxygen atoms in total. The molecular formula is C10H12ClN3OS. The molecule has 1 unspecified atom stereocenters. The third-order valence-corrected chi connectivity index (χ3v) is 2.96. The summed E-state index contributed by atoms with van der Waals surface area (Å²) in [5, 5.41) is 0. The predicted octanol–water partition coefficient (Wildman–Crippen LogP) is 1.37. The van der Waals surface area contributed by atoms with Crippen molar-refractivity contribution in [2.45, 2.75) is 0 Å². The van der Waals surface area contributed by atoms with Gasteiger partial charge in [0, 0.05) is 18.7 Å². The van der Waals surface area contributed by atoms with Gasteiger partial charge in [-0.05, 0) is 18.2 Å². The molecule has 6 heteroatoms. The highest BCUT2D eigenvalue weighted by Gasteiger charge is 2.18. The van der Waals surface area contributed by atoms with Crippen LogP contribution >= 0.6 is 12.4 Å². The van der Waals surface area contributed by atoms with Gasteiger partial charge in [0.15, 0.2) is 5.84 Å². The Labute approximate surface area is 103 Å². The maximum atomic E-state index is 11.5. The Morgan fingerprint density at radius 1 is 1.44 bits per heavy atom. The smallest absolute Gasteiger partial charge is 0.166 e. The summed E-state index contributed by atoms with van der Waals surface area (Å²) in [5.41, 5.74) is 0.747. The zero-order chi connectivity index (χ0) is 10.7. The molecule has 1 aliphatic rings. The molecule has 1 aliphatic heterocycles. The van der Waals surface area contributed by atoms with Crippen LogP contribution in [0.5, 0.6) is 0 Å². The first kappa shape index (κ1) is 12.9. The van der Waals surface area contributed by atoms with Crippen molar-refractivity contribution in [2.75, 3.05) is 12.8 Å². The monoisotopic (exact) mass is 257 g/mol. The van der Waals surface area contributed by atoms with Gasteiger partial charge in [0.1, 0.15) is 16.7 Å². The summed E-state index contributed by atoms with van der Waals surface area (Å²) in [7, 11) is -1.07. The van der Waals surface area contributed by atoms with E-state index in [0.29, 0.717) is 12.4 Å². The average molecular weight is 258 g/mol. The van der Waals surface area contributed by atoms with Crippen LogP contribution in [0.2, 0.25) is 0 Å². The maximum absolute atomic E-state index is 11.5. The fourth-order valence-corrected chi connectivity index (χ4v) is 2.01. The SMILES string of the molecule is CS(=O)N1CC=CN=C1c1ccccn1.Cl. The lowest BCUT2D eigenvalue weighted by atomic mass is 10.3. The van der Waals surface area contributed by atoms with Gasteiger partial charge < -0.3 is 0 Å². The molecule has 1 atom stereocenters. The van der Waals surface area contributed by atoms with Crippen molar-refractivity contribution in [3.8, 4) is 0 Å². The van der Waals surface area contributed by atoms with Crippen LogP contribution in [0.1, 0.15) is 5.69 Å². The largest absolute Gasteiger partial charge is 0.270 e. The Morgan fingerprint density at radius 2 is 2.25 bits per heavy atom. The van der Waals surface area contributed by atoms with Crippen LogP contribution in [0, 0.1) is 0 Å². The zero-order valence-electron chi connectivity index (χ0n) is 8.74. The minimum Gasteiger partial charge on any atom is -0.270 e.